The molecule has 0 aromatic carbocycles. The molecule has 0 fully saturated rings. The third-order valence-corrected chi connectivity index (χ3v) is 4.32. The molecule has 1 aliphatic heterocycles. The molecular weight excluding hydrogens is 444 g/mol. The number of rotatable bonds is 4. The van der Waals surface area contributed by atoms with Crippen LogP contribution in [-0.2, 0) is 19.1 Å². The number of amides is 1. The first kappa shape index (κ1) is 23.0. The van der Waals surface area contributed by atoms with Crippen LogP contribution in [0.25, 0.3) is 11.3 Å². The molecule has 0 saturated heterocycles. The molecule has 32 heavy (non-hydrogen) atoms. The van der Waals surface area contributed by atoms with Gasteiger partial charge in [-0.15, -0.1) is 0 Å². The lowest BCUT2D eigenvalue weighted by Gasteiger charge is -2.07. The number of hydrogen-bond donors (Lipinski definition) is 1. The fraction of sp³-hybridized carbons (Fsp3) is 0.263. The van der Waals surface area contributed by atoms with E-state index in [0.29, 0.717) is 18.8 Å². The molecular formula is C19H15F6N5O2. The molecule has 13 heteroatoms. The Hall–Kier alpha value is -3.64. The number of alkyl halides is 5. The largest absolute Gasteiger partial charge is 0.433 e. The van der Waals surface area contributed by atoms with Crippen LogP contribution in [0.5, 0.6) is 5.88 Å². The molecule has 170 valence electrons. The number of nitrogens with zero attached hydrogens (tertiary/aromatic N) is 4. The highest BCUT2D eigenvalue weighted by Gasteiger charge is 2.33. The Balaban J connectivity index is 0.000000195. The molecule has 0 spiro atoms. The Morgan fingerprint density at radius 3 is 2.56 bits per heavy atom. The number of halogens is 6. The molecule has 7 nitrogen and oxygen atoms in total. The van der Waals surface area contributed by atoms with Gasteiger partial charge in [0.15, 0.2) is 5.82 Å². The monoisotopic (exact) mass is 459 g/mol. The third-order valence-electron chi connectivity index (χ3n) is 4.32. The van der Waals surface area contributed by atoms with E-state index in [9.17, 15) is 31.1 Å². The Bertz CT molecular complexity index is 1090. The molecule has 0 unspecified atom stereocenters. The molecule has 1 amide bonds. The second-order valence-corrected chi connectivity index (χ2v) is 6.52. The lowest BCUT2D eigenvalue weighted by Crippen LogP contribution is -2.12. The minimum Gasteiger partial charge on any atom is -0.417 e. The number of hydrogen-bond acceptors (Lipinski definition) is 5. The first-order valence-electron chi connectivity index (χ1n) is 9.05. The van der Waals surface area contributed by atoms with Gasteiger partial charge < -0.3 is 10.5 Å². The van der Waals surface area contributed by atoms with E-state index in [0.717, 1.165) is 30.8 Å². The lowest BCUT2D eigenvalue weighted by molar-refractivity contribution is -0.141. The van der Waals surface area contributed by atoms with Gasteiger partial charge in [0.25, 0.3) is 0 Å². The zero-order valence-corrected chi connectivity index (χ0v) is 16.1. The van der Waals surface area contributed by atoms with E-state index < -0.39 is 30.2 Å². The Labute approximate surface area is 176 Å². The summed E-state index contributed by atoms with van der Waals surface area (Å²) in [6.45, 7) is -2.25. The number of aromatic nitrogens is 4. The molecule has 0 radical (unpaired) electrons. The van der Waals surface area contributed by atoms with E-state index in [-0.39, 0.29) is 22.7 Å². The van der Waals surface area contributed by atoms with Gasteiger partial charge in [0.1, 0.15) is 5.69 Å². The maximum atomic E-state index is 13.6. The zero-order chi connectivity index (χ0) is 23.5. The molecule has 4 heterocycles. The second kappa shape index (κ2) is 9.24. The van der Waals surface area contributed by atoms with Gasteiger partial charge in [-0.25, -0.2) is 14.4 Å². The number of primary amides is 1. The van der Waals surface area contributed by atoms with Crippen LogP contribution in [0.2, 0.25) is 0 Å². The highest BCUT2D eigenvalue weighted by atomic mass is 19.4. The average molecular weight is 459 g/mol. The number of ether oxygens (including phenoxy) is 1. The number of aryl methyl sites for hydroxylation is 2. The minimum absolute atomic E-state index is 0.0747. The highest BCUT2D eigenvalue weighted by Crippen LogP contribution is 2.32. The van der Waals surface area contributed by atoms with Crippen molar-refractivity contribution in [2.45, 2.75) is 32.2 Å². The Morgan fingerprint density at radius 2 is 1.94 bits per heavy atom. The summed E-state index contributed by atoms with van der Waals surface area (Å²) in [5.74, 6) is -1.85. The van der Waals surface area contributed by atoms with Crippen LogP contribution in [0.15, 0.2) is 36.7 Å². The molecule has 0 bridgehead atoms. The quantitative estimate of drug-likeness (QED) is 0.599. The van der Waals surface area contributed by atoms with Gasteiger partial charge in [-0.1, -0.05) is 0 Å². The van der Waals surface area contributed by atoms with Crippen LogP contribution in [0.3, 0.4) is 0 Å². The van der Waals surface area contributed by atoms with Crippen molar-refractivity contribution in [1.29, 1.82) is 0 Å². The summed E-state index contributed by atoms with van der Waals surface area (Å²) in [7, 11) is 0. The van der Waals surface area contributed by atoms with E-state index in [1.165, 1.54) is 6.07 Å². The normalized spacial score (nSPS) is 12.8. The average Bonchev–Trinajstić information content (AvgIpc) is 3.30. The number of nitrogens with two attached hydrogens (primary N) is 1. The van der Waals surface area contributed by atoms with E-state index in [2.05, 4.69) is 19.8 Å². The summed E-state index contributed by atoms with van der Waals surface area (Å²) >= 11 is 0. The number of carbonyl (C=O) groups excluding carboxylic acids is 1. The molecule has 4 rings (SSSR count). The van der Waals surface area contributed by atoms with Crippen molar-refractivity contribution in [3.63, 3.8) is 0 Å². The lowest BCUT2D eigenvalue weighted by atomic mass is 10.1. The van der Waals surface area contributed by atoms with Crippen molar-refractivity contribution >= 4 is 5.91 Å². The zero-order valence-electron chi connectivity index (χ0n) is 16.1. The van der Waals surface area contributed by atoms with Gasteiger partial charge in [-0.05, 0) is 31.0 Å². The summed E-state index contributed by atoms with van der Waals surface area (Å²) in [4.78, 5) is 17.1. The standard InChI is InChI=1S/C12H9F4N3.C7H6F2N2O2/c13-9-6-17-11(12(14,15)16)5-8(9)10-4-7-2-1-3-19(7)18-10;8-7(9)13-5-3-4(6(10)12)1-2-11-5/h4-6H,1-3H2;1-3,7H,(H2,10,12). The van der Waals surface area contributed by atoms with Gasteiger partial charge in [-0.2, -0.15) is 27.1 Å². The van der Waals surface area contributed by atoms with Crippen LogP contribution in [-0.4, -0.2) is 32.3 Å². The molecule has 2 N–H and O–H groups in total. The van der Waals surface area contributed by atoms with E-state index in [1.807, 2.05) is 0 Å². The number of fused-ring (bicyclic) bond motifs is 1. The SMILES string of the molecule is Fc1cnc(C(F)(F)F)cc1-c1cc2n(n1)CCC2.NC(=O)c1ccnc(OC(F)F)c1. The summed E-state index contributed by atoms with van der Waals surface area (Å²) in [5, 5.41) is 4.13. The molecule has 0 atom stereocenters. The fourth-order valence-electron chi connectivity index (χ4n) is 2.90. The van der Waals surface area contributed by atoms with Gasteiger partial charge in [-0.3, -0.25) is 9.48 Å². The van der Waals surface area contributed by atoms with Crippen LogP contribution in [0, 0.1) is 5.82 Å². The van der Waals surface area contributed by atoms with Crippen molar-refractivity contribution in [1.82, 2.24) is 19.7 Å². The first-order chi connectivity index (χ1) is 15.0. The highest BCUT2D eigenvalue weighted by molar-refractivity contribution is 5.92. The summed E-state index contributed by atoms with van der Waals surface area (Å²) in [5.41, 5.74) is 4.84. The maximum absolute atomic E-state index is 13.6. The Morgan fingerprint density at radius 1 is 1.19 bits per heavy atom. The second-order valence-electron chi connectivity index (χ2n) is 6.52. The van der Waals surface area contributed by atoms with E-state index in [4.69, 9.17) is 5.73 Å². The predicted molar refractivity (Wildman–Crippen MR) is 98.1 cm³/mol. The summed E-state index contributed by atoms with van der Waals surface area (Å²) < 4.78 is 80.3. The molecule has 3 aromatic rings. The topological polar surface area (TPSA) is 95.9 Å². The third kappa shape index (κ3) is 5.53. The summed E-state index contributed by atoms with van der Waals surface area (Å²) in [6, 6.07) is 4.69. The van der Waals surface area contributed by atoms with Crippen LogP contribution >= 0.6 is 0 Å². The number of carbonyl (C=O) groups is 1. The van der Waals surface area contributed by atoms with Crippen molar-refractivity contribution in [2.24, 2.45) is 5.73 Å². The first-order valence-corrected chi connectivity index (χ1v) is 9.05. The van der Waals surface area contributed by atoms with E-state index >= 15 is 0 Å². The van der Waals surface area contributed by atoms with Crippen molar-refractivity contribution < 1.29 is 35.9 Å². The van der Waals surface area contributed by atoms with E-state index in [1.54, 1.807) is 10.7 Å². The fourth-order valence-corrected chi connectivity index (χ4v) is 2.90. The van der Waals surface area contributed by atoms with Gasteiger partial charge >= 0.3 is 12.8 Å². The number of pyridine rings is 2. The van der Waals surface area contributed by atoms with Gasteiger partial charge in [0.2, 0.25) is 11.8 Å². The maximum Gasteiger partial charge on any atom is 0.433 e. The van der Waals surface area contributed by atoms with Crippen LogP contribution in [0.4, 0.5) is 26.3 Å². The van der Waals surface area contributed by atoms with Gasteiger partial charge in [0, 0.05) is 35.6 Å². The molecule has 0 saturated carbocycles. The van der Waals surface area contributed by atoms with Crippen molar-refractivity contribution in [3.8, 4) is 17.1 Å². The summed E-state index contributed by atoms with van der Waals surface area (Å²) in [6.07, 6.45) is -1.08. The predicted octanol–water partition coefficient (Wildman–Crippen LogP) is 3.83. The van der Waals surface area contributed by atoms with Crippen molar-refractivity contribution in [2.75, 3.05) is 0 Å². The molecule has 0 aliphatic carbocycles. The Kier molecular flexibility index (Phi) is 6.65. The van der Waals surface area contributed by atoms with Crippen LogP contribution < -0.4 is 10.5 Å². The van der Waals surface area contributed by atoms with Crippen molar-refractivity contribution in [3.05, 3.63) is 59.4 Å². The molecule has 3 aromatic heterocycles. The van der Waals surface area contributed by atoms with Gasteiger partial charge in [0.05, 0.1) is 11.9 Å². The van der Waals surface area contributed by atoms with Crippen LogP contribution in [0.1, 0.15) is 28.2 Å². The molecule has 1 aliphatic rings. The smallest absolute Gasteiger partial charge is 0.417 e. The minimum atomic E-state index is -4.59.